The normalized spacial score (nSPS) is 11.8. The topological polar surface area (TPSA) is 29.5 Å². The molecule has 98 valence electrons. The Morgan fingerprint density at radius 1 is 1.39 bits per heavy atom. The quantitative estimate of drug-likeness (QED) is 0.617. The van der Waals surface area contributed by atoms with Crippen molar-refractivity contribution in [1.29, 1.82) is 0 Å². The summed E-state index contributed by atoms with van der Waals surface area (Å²) in [5, 5.41) is 0.962. The molecule has 0 saturated heterocycles. The van der Waals surface area contributed by atoms with E-state index in [9.17, 15) is 18.0 Å². The lowest BCUT2D eigenvalue weighted by atomic mass is 10.1. The lowest BCUT2D eigenvalue weighted by Crippen LogP contribution is -2.22. The van der Waals surface area contributed by atoms with E-state index in [0.717, 1.165) is 23.3 Å². The Kier molecular flexibility index (Phi) is 4.49. The summed E-state index contributed by atoms with van der Waals surface area (Å²) in [7, 11) is 2.72. The fourth-order valence-electron chi connectivity index (χ4n) is 1.18. The van der Waals surface area contributed by atoms with E-state index in [-0.39, 0.29) is 0 Å². The van der Waals surface area contributed by atoms with E-state index < -0.39 is 17.6 Å². The van der Waals surface area contributed by atoms with Gasteiger partial charge in [-0.2, -0.15) is 13.2 Å². The first-order chi connectivity index (χ1) is 8.34. The molecule has 0 saturated carbocycles. The zero-order chi connectivity index (χ0) is 13.8. The van der Waals surface area contributed by atoms with Gasteiger partial charge in [-0.05, 0) is 23.8 Å². The highest BCUT2D eigenvalue weighted by Gasteiger charge is 2.30. The number of benzene rings is 1. The van der Waals surface area contributed by atoms with E-state index in [1.165, 1.54) is 32.4 Å². The molecule has 3 nitrogen and oxygen atoms in total. The molecule has 0 atom stereocenters. The summed E-state index contributed by atoms with van der Waals surface area (Å²) in [4.78, 5) is 16.0. The summed E-state index contributed by atoms with van der Waals surface area (Å²) in [5.41, 5.74) is -0.458. The molecule has 0 aliphatic rings. The third-order valence-electron chi connectivity index (χ3n) is 2.22. The number of rotatable bonds is 3. The van der Waals surface area contributed by atoms with Crippen LogP contribution in [0.15, 0.2) is 30.3 Å². The van der Waals surface area contributed by atoms with Gasteiger partial charge in [-0.15, -0.1) is 0 Å². The SMILES string of the molecule is CON(C)C(=O)/C=C/c1cccc(C(F)(F)F)c1. The number of hydrogen-bond acceptors (Lipinski definition) is 2. The van der Waals surface area contributed by atoms with Crippen LogP contribution in [0, 0.1) is 0 Å². The van der Waals surface area contributed by atoms with Gasteiger partial charge in [-0.1, -0.05) is 12.1 Å². The minimum absolute atomic E-state index is 0.294. The molecule has 18 heavy (non-hydrogen) atoms. The first-order valence-corrected chi connectivity index (χ1v) is 5.01. The molecule has 6 heteroatoms. The summed E-state index contributed by atoms with van der Waals surface area (Å²) in [5.74, 6) is -0.463. The Balaban J connectivity index is 2.86. The van der Waals surface area contributed by atoms with Crippen LogP contribution >= 0.6 is 0 Å². The van der Waals surface area contributed by atoms with E-state index in [4.69, 9.17) is 0 Å². The number of hydroxylamine groups is 2. The summed E-state index contributed by atoms with van der Waals surface area (Å²) < 4.78 is 37.3. The molecule has 0 radical (unpaired) electrons. The molecule has 0 fully saturated rings. The van der Waals surface area contributed by atoms with Gasteiger partial charge in [0, 0.05) is 13.1 Å². The molecule has 0 bridgehead atoms. The number of amides is 1. The first-order valence-electron chi connectivity index (χ1n) is 5.01. The molecule has 0 spiro atoms. The minimum Gasteiger partial charge on any atom is -0.274 e. The largest absolute Gasteiger partial charge is 0.416 e. The summed E-state index contributed by atoms with van der Waals surface area (Å²) in [6.45, 7) is 0. The number of hydrogen-bond donors (Lipinski definition) is 0. The third-order valence-corrected chi connectivity index (χ3v) is 2.22. The van der Waals surface area contributed by atoms with Gasteiger partial charge in [0.15, 0.2) is 0 Å². The van der Waals surface area contributed by atoms with Gasteiger partial charge in [0.25, 0.3) is 5.91 Å². The highest BCUT2D eigenvalue weighted by atomic mass is 19.4. The minimum atomic E-state index is -4.39. The van der Waals surface area contributed by atoms with Gasteiger partial charge in [0.2, 0.25) is 0 Å². The van der Waals surface area contributed by atoms with E-state index in [0.29, 0.717) is 5.56 Å². The van der Waals surface area contributed by atoms with E-state index in [2.05, 4.69) is 4.84 Å². The Labute approximate surface area is 102 Å². The lowest BCUT2D eigenvalue weighted by Gasteiger charge is -2.10. The van der Waals surface area contributed by atoms with Crippen molar-refractivity contribution in [1.82, 2.24) is 5.06 Å². The standard InChI is InChI=1S/C12H12F3NO2/c1-16(18-2)11(17)7-6-9-4-3-5-10(8-9)12(13,14)15/h3-8H,1-2H3/b7-6+. The van der Waals surface area contributed by atoms with Crippen LogP contribution in [0.2, 0.25) is 0 Å². The average molecular weight is 259 g/mol. The fraction of sp³-hybridized carbons (Fsp3) is 0.250. The number of likely N-dealkylation sites (N-methyl/N-ethyl adjacent to an activating group) is 1. The Hall–Kier alpha value is -1.82. The Morgan fingerprint density at radius 3 is 2.61 bits per heavy atom. The maximum absolute atomic E-state index is 12.4. The summed E-state index contributed by atoms with van der Waals surface area (Å²) in [6, 6.07) is 4.70. The first kappa shape index (κ1) is 14.2. The molecular formula is C12H12F3NO2. The van der Waals surface area contributed by atoms with Gasteiger partial charge in [0.05, 0.1) is 12.7 Å². The van der Waals surface area contributed by atoms with E-state index in [1.807, 2.05) is 0 Å². The van der Waals surface area contributed by atoms with Crippen molar-refractivity contribution in [3.8, 4) is 0 Å². The maximum atomic E-state index is 12.4. The molecule has 0 unspecified atom stereocenters. The molecule has 0 aliphatic carbocycles. The predicted molar refractivity (Wildman–Crippen MR) is 60.3 cm³/mol. The highest BCUT2D eigenvalue weighted by Crippen LogP contribution is 2.29. The van der Waals surface area contributed by atoms with Gasteiger partial charge in [0.1, 0.15) is 0 Å². The van der Waals surface area contributed by atoms with Gasteiger partial charge in [-0.3, -0.25) is 9.63 Å². The third kappa shape index (κ3) is 3.89. The van der Waals surface area contributed by atoms with Crippen LogP contribution in [-0.4, -0.2) is 25.1 Å². The van der Waals surface area contributed by atoms with E-state index in [1.54, 1.807) is 0 Å². The molecule has 1 aromatic carbocycles. The molecule has 1 amide bonds. The molecule has 0 aliphatic heterocycles. The van der Waals surface area contributed by atoms with Crippen molar-refractivity contribution >= 4 is 12.0 Å². The van der Waals surface area contributed by atoms with E-state index >= 15 is 0 Å². The monoisotopic (exact) mass is 259 g/mol. The molecule has 0 aromatic heterocycles. The predicted octanol–water partition coefficient (Wildman–Crippen LogP) is 2.74. The zero-order valence-electron chi connectivity index (χ0n) is 9.86. The van der Waals surface area contributed by atoms with Crippen molar-refractivity contribution in [2.75, 3.05) is 14.2 Å². The second kappa shape index (κ2) is 5.68. The number of alkyl halides is 3. The molecule has 1 aromatic rings. The average Bonchev–Trinajstić information content (AvgIpc) is 2.34. The molecular weight excluding hydrogens is 247 g/mol. The summed E-state index contributed by atoms with van der Waals surface area (Å²) in [6.07, 6.45) is -1.96. The van der Waals surface area contributed by atoms with Gasteiger partial charge < -0.3 is 0 Å². The van der Waals surface area contributed by atoms with Crippen LogP contribution < -0.4 is 0 Å². The Bertz CT molecular complexity index is 455. The van der Waals surface area contributed by atoms with Crippen molar-refractivity contribution in [3.63, 3.8) is 0 Å². The zero-order valence-corrected chi connectivity index (χ0v) is 9.86. The van der Waals surface area contributed by atoms with Crippen LogP contribution in [0.1, 0.15) is 11.1 Å². The van der Waals surface area contributed by atoms with Gasteiger partial charge in [-0.25, -0.2) is 5.06 Å². The smallest absolute Gasteiger partial charge is 0.274 e. The molecule has 0 N–H and O–H groups in total. The summed E-state index contributed by atoms with van der Waals surface area (Å²) >= 11 is 0. The second-order valence-electron chi connectivity index (χ2n) is 3.47. The second-order valence-corrected chi connectivity index (χ2v) is 3.47. The van der Waals surface area contributed by atoms with Crippen molar-refractivity contribution in [2.24, 2.45) is 0 Å². The fourth-order valence-corrected chi connectivity index (χ4v) is 1.18. The maximum Gasteiger partial charge on any atom is 0.416 e. The molecule has 0 heterocycles. The van der Waals surface area contributed by atoms with Crippen molar-refractivity contribution in [2.45, 2.75) is 6.18 Å². The Morgan fingerprint density at radius 2 is 2.06 bits per heavy atom. The number of carbonyl (C=O) groups excluding carboxylic acids is 1. The van der Waals surface area contributed by atoms with Crippen molar-refractivity contribution < 1.29 is 22.8 Å². The number of halogens is 3. The molecule has 1 rings (SSSR count). The number of carbonyl (C=O) groups is 1. The van der Waals surface area contributed by atoms with Crippen LogP contribution in [0.3, 0.4) is 0 Å². The van der Waals surface area contributed by atoms with Gasteiger partial charge >= 0.3 is 6.18 Å². The van der Waals surface area contributed by atoms with Crippen molar-refractivity contribution in [3.05, 3.63) is 41.5 Å². The van der Waals surface area contributed by atoms with Crippen LogP contribution in [0.25, 0.3) is 6.08 Å². The number of nitrogens with zero attached hydrogens (tertiary/aromatic N) is 1. The van der Waals surface area contributed by atoms with Crippen LogP contribution in [0.5, 0.6) is 0 Å². The lowest BCUT2D eigenvalue weighted by molar-refractivity contribution is -0.162. The van der Waals surface area contributed by atoms with Crippen LogP contribution in [-0.2, 0) is 15.8 Å². The highest BCUT2D eigenvalue weighted by molar-refractivity contribution is 5.90. The van der Waals surface area contributed by atoms with Crippen LogP contribution in [0.4, 0.5) is 13.2 Å².